The molecule has 21 heavy (non-hydrogen) atoms. The third-order valence-electron chi connectivity index (χ3n) is 2.38. The summed E-state index contributed by atoms with van der Waals surface area (Å²) in [4.78, 5) is 22.6. The molecule has 0 aliphatic rings. The number of rotatable bonds is 5. The van der Waals surface area contributed by atoms with Gasteiger partial charge in [0, 0.05) is 0 Å². The molecule has 0 radical (unpaired) electrons. The summed E-state index contributed by atoms with van der Waals surface area (Å²) >= 11 is 0. The van der Waals surface area contributed by atoms with E-state index in [1.165, 1.54) is 13.0 Å². The number of hydrogen-bond acceptors (Lipinski definition) is 5. The highest BCUT2D eigenvalue weighted by Crippen LogP contribution is 2.02. The van der Waals surface area contributed by atoms with Crippen LogP contribution in [0.25, 0.3) is 6.08 Å². The van der Waals surface area contributed by atoms with E-state index in [9.17, 15) is 18.0 Å². The first-order valence-corrected chi connectivity index (χ1v) is 7.53. The number of carbonyl (C=O) groups is 2. The van der Waals surface area contributed by atoms with Crippen molar-refractivity contribution in [1.82, 2.24) is 10.0 Å². The summed E-state index contributed by atoms with van der Waals surface area (Å²) in [5.74, 6) is -0.678. The van der Waals surface area contributed by atoms with Gasteiger partial charge in [0.05, 0.1) is 12.5 Å². The molecule has 0 spiro atoms. The van der Waals surface area contributed by atoms with Crippen molar-refractivity contribution < 1.29 is 22.7 Å². The molecule has 1 atom stereocenters. The molecule has 2 N–H and O–H groups in total. The highest BCUT2D eigenvalue weighted by molar-refractivity contribution is 7.93. The van der Waals surface area contributed by atoms with Crippen molar-refractivity contribution in [1.29, 1.82) is 0 Å². The van der Waals surface area contributed by atoms with Crippen LogP contribution < -0.4 is 10.0 Å². The molecule has 0 saturated carbocycles. The summed E-state index contributed by atoms with van der Waals surface area (Å²) in [5.41, 5.74) is 0.672. The molecule has 0 saturated heterocycles. The van der Waals surface area contributed by atoms with Crippen molar-refractivity contribution in [3.05, 3.63) is 41.3 Å². The van der Waals surface area contributed by atoms with E-state index in [1.54, 1.807) is 35.1 Å². The van der Waals surface area contributed by atoms with E-state index in [1.807, 2.05) is 0 Å². The minimum atomic E-state index is -3.95. The molecule has 0 fully saturated rings. The van der Waals surface area contributed by atoms with Crippen LogP contribution in [0.5, 0.6) is 0 Å². The molecular formula is C13H16N2O5S. The first-order valence-electron chi connectivity index (χ1n) is 5.98. The second-order valence-electron chi connectivity index (χ2n) is 4.08. The molecule has 7 nitrogen and oxygen atoms in total. The number of hydrogen-bond donors (Lipinski definition) is 2. The summed E-state index contributed by atoms with van der Waals surface area (Å²) < 4.78 is 29.5. The van der Waals surface area contributed by atoms with Gasteiger partial charge in [-0.15, -0.1) is 0 Å². The van der Waals surface area contributed by atoms with Crippen LogP contribution in [0.15, 0.2) is 35.7 Å². The third-order valence-corrected chi connectivity index (χ3v) is 3.34. The molecule has 0 bridgehead atoms. The van der Waals surface area contributed by atoms with Crippen LogP contribution in [-0.4, -0.2) is 33.6 Å². The minimum absolute atomic E-state index is 0.672. The maximum absolute atomic E-state index is 11.7. The molecule has 1 aromatic carbocycles. The molecule has 114 valence electrons. The van der Waals surface area contributed by atoms with E-state index < -0.39 is 28.1 Å². The summed E-state index contributed by atoms with van der Waals surface area (Å²) in [5, 5.41) is 3.01. The van der Waals surface area contributed by atoms with Gasteiger partial charge in [0.1, 0.15) is 6.04 Å². The van der Waals surface area contributed by atoms with Crippen LogP contribution in [0.4, 0.5) is 4.79 Å². The lowest BCUT2D eigenvalue weighted by Gasteiger charge is -2.11. The number of esters is 1. The quantitative estimate of drug-likeness (QED) is 0.785. The zero-order chi connectivity index (χ0) is 15.9. The molecule has 0 aromatic heterocycles. The maximum atomic E-state index is 11.7. The van der Waals surface area contributed by atoms with Gasteiger partial charge in [0.25, 0.3) is 10.0 Å². The van der Waals surface area contributed by atoms with Gasteiger partial charge >= 0.3 is 12.0 Å². The van der Waals surface area contributed by atoms with E-state index in [0.29, 0.717) is 5.56 Å². The van der Waals surface area contributed by atoms with Crippen LogP contribution in [0, 0.1) is 0 Å². The van der Waals surface area contributed by atoms with Gasteiger partial charge in [-0.05, 0) is 18.6 Å². The first kappa shape index (κ1) is 16.7. The predicted octanol–water partition coefficient (Wildman–Crippen LogP) is 0.848. The number of ether oxygens (including phenoxy) is 1. The van der Waals surface area contributed by atoms with Crippen molar-refractivity contribution in [2.45, 2.75) is 13.0 Å². The molecule has 1 rings (SSSR count). The SMILES string of the molecule is COC(=O)C(C)NC(=O)NS(=O)(=O)/C=C/c1ccccc1. The fourth-order valence-electron chi connectivity index (χ4n) is 1.36. The number of urea groups is 1. The predicted molar refractivity (Wildman–Crippen MR) is 77.5 cm³/mol. The Hall–Kier alpha value is -2.35. The molecule has 0 aliphatic heterocycles. The lowest BCUT2D eigenvalue weighted by atomic mass is 10.2. The minimum Gasteiger partial charge on any atom is -0.467 e. The van der Waals surface area contributed by atoms with Gasteiger partial charge in [0.15, 0.2) is 0 Å². The number of sulfonamides is 1. The maximum Gasteiger partial charge on any atom is 0.329 e. The lowest BCUT2D eigenvalue weighted by Crippen LogP contribution is -2.46. The average Bonchev–Trinajstić information content (AvgIpc) is 2.44. The van der Waals surface area contributed by atoms with E-state index in [4.69, 9.17) is 0 Å². The van der Waals surface area contributed by atoms with Crippen LogP contribution in [-0.2, 0) is 19.6 Å². The Kier molecular flexibility index (Phi) is 5.92. The number of carbonyl (C=O) groups excluding carboxylic acids is 2. The number of benzene rings is 1. The van der Waals surface area contributed by atoms with Gasteiger partial charge in [0.2, 0.25) is 0 Å². The molecule has 8 heteroatoms. The fraction of sp³-hybridized carbons (Fsp3) is 0.231. The van der Waals surface area contributed by atoms with Gasteiger partial charge in [-0.3, -0.25) is 0 Å². The Morgan fingerprint density at radius 2 is 1.86 bits per heavy atom. The smallest absolute Gasteiger partial charge is 0.329 e. The molecule has 1 aromatic rings. The third kappa shape index (κ3) is 6.09. The van der Waals surface area contributed by atoms with Crippen LogP contribution in [0.3, 0.4) is 0 Å². The summed E-state index contributed by atoms with van der Waals surface area (Å²) in [6, 6.07) is 6.77. The van der Waals surface area contributed by atoms with Crippen molar-refractivity contribution in [2.75, 3.05) is 7.11 Å². The highest BCUT2D eigenvalue weighted by Gasteiger charge is 2.18. The normalized spacial score (nSPS) is 12.7. The fourth-order valence-corrected chi connectivity index (χ4v) is 2.08. The van der Waals surface area contributed by atoms with Crippen molar-refractivity contribution in [2.24, 2.45) is 0 Å². The summed E-state index contributed by atoms with van der Waals surface area (Å²) in [6.07, 6.45) is 1.35. The number of methoxy groups -OCH3 is 1. The molecule has 0 aliphatic carbocycles. The highest BCUT2D eigenvalue weighted by atomic mass is 32.2. The zero-order valence-corrected chi connectivity index (χ0v) is 12.4. The van der Waals surface area contributed by atoms with Crippen LogP contribution >= 0.6 is 0 Å². The van der Waals surface area contributed by atoms with Gasteiger partial charge in [-0.25, -0.2) is 22.7 Å². The van der Waals surface area contributed by atoms with E-state index in [2.05, 4.69) is 10.1 Å². The van der Waals surface area contributed by atoms with E-state index in [-0.39, 0.29) is 0 Å². The molecular weight excluding hydrogens is 296 g/mol. The Labute approximate surface area is 123 Å². The monoisotopic (exact) mass is 312 g/mol. The van der Waals surface area contributed by atoms with Gasteiger partial charge < -0.3 is 10.1 Å². The van der Waals surface area contributed by atoms with Crippen LogP contribution in [0.2, 0.25) is 0 Å². The van der Waals surface area contributed by atoms with E-state index in [0.717, 1.165) is 12.5 Å². The standard InChI is InChI=1S/C13H16N2O5S/c1-10(12(16)20-2)14-13(17)15-21(18,19)9-8-11-6-4-3-5-7-11/h3-10H,1-2H3,(H2,14,15,17)/b9-8+. The Balaban J connectivity index is 2.62. The van der Waals surface area contributed by atoms with E-state index >= 15 is 0 Å². The lowest BCUT2D eigenvalue weighted by molar-refractivity contribution is -0.142. The number of nitrogens with one attached hydrogen (secondary N) is 2. The second kappa shape index (κ2) is 7.44. The zero-order valence-electron chi connectivity index (χ0n) is 11.6. The topological polar surface area (TPSA) is 102 Å². The van der Waals surface area contributed by atoms with Crippen molar-refractivity contribution in [3.63, 3.8) is 0 Å². The first-order chi connectivity index (χ1) is 9.84. The van der Waals surface area contributed by atoms with Crippen LogP contribution in [0.1, 0.15) is 12.5 Å². The molecule has 2 amide bonds. The van der Waals surface area contributed by atoms with Gasteiger partial charge in [-0.2, -0.15) is 0 Å². The summed E-state index contributed by atoms with van der Waals surface area (Å²) in [6.45, 7) is 1.37. The van der Waals surface area contributed by atoms with Crippen molar-refractivity contribution >= 4 is 28.1 Å². The Morgan fingerprint density at radius 3 is 2.43 bits per heavy atom. The Bertz CT molecular complexity index is 625. The van der Waals surface area contributed by atoms with Crippen molar-refractivity contribution in [3.8, 4) is 0 Å². The summed E-state index contributed by atoms with van der Waals surface area (Å²) in [7, 11) is -2.79. The molecule has 0 heterocycles. The molecule has 1 unspecified atom stereocenters. The second-order valence-corrected chi connectivity index (χ2v) is 5.65. The Morgan fingerprint density at radius 1 is 1.24 bits per heavy atom. The largest absolute Gasteiger partial charge is 0.467 e. The van der Waals surface area contributed by atoms with Gasteiger partial charge in [-0.1, -0.05) is 30.3 Å². The average molecular weight is 312 g/mol. The number of amides is 2.